The fourth-order valence-electron chi connectivity index (χ4n) is 2.09. The fraction of sp³-hybridized carbons (Fsp3) is 0.250. The lowest BCUT2D eigenvalue weighted by Crippen LogP contribution is -2.26. The maximum atomic E-state index is 12.3. The minimum absolute atomic E-state index is 0.0222. The van der Waals surface area contributed by atoms with Crippen molar-refractivity contribution in [2.45, 2.75) is 30.7 Å². The van der Waals surface area contributed by atoms with Gasteiger partial charge in [0.25, 0.3) is 5.91 Å². The summed E-state index contributed by atoms with van der Waals surface area (Å²) in [4.78, 5) is 16.4. The van der Waals surface area contributed by atoms with Crippen LogP contribution in [-0.4, -0.2) is 25.4 Å². The lowest BCUT2D eigenvalue weighted by molar-refractivity contribution is 0.102. The van der Waals surface area contributed by atoms with Crippen LogP contribution in [0.15, 0.2) is 47.5 Å². The average molecular weight is 331 g/mol. The molecule has 0 bridgehead atoms. The second kappa shape index (κ2) is 6.10. The van der Waals surface area contributed by atoms with E-state index in [1.165, 1.54) is 12.1 Å². The summed E-state index contributed by atoms with van der Waals surface area (Å²) in [6, 6.07) is 9.57. The molecule has 1 saturated carbocycles. The highest BCUT2D eigenvalue weighted by atomic mass is 32.2. The van der Waals surface area contributed by atoms with E-state index in [2.05, 4.69) is 15.0 Å². The summed E-state index contributed by atoms with van der Waals surface area (Å²) in [6.07, 6.45) is 3.32. The molecule has 120 valence electrons. The number of nitrogens with zero attached hydrogens (tertiary/aromatic N) is 1. The molecular formula is C16H17N3O3S. The molecule has 6 nitrogen and oxygen atoms in total. The lowest BCUT2D eigenvalue weighted by atomic mass is 10.2. The number of benzene rings is 1. The van der Waals surface area contributed by atoms with E-state index in [1.807, 2.05) is 13.0 Å². The number of hydrogen-bond donors (Lipinski definition) is 2. The number of sulfonamides is 1. The second-order valence-electron chi connectivity index (χ2n) is 5.60. The highest BCUT2D eigenvalue weighted by molar-refractivity contribution is 7.89. The number of carbonyl (C=O) groups excluding carboxylic acids is 1. The molecule has 3 rings (SSSR count). The molecule has 1 aliphatic rings. The molecule has 7 heteroatoms. The van der Waals surface area contributed by atoms with Gasteiger partial charge in [-0.05, 0) is 55.7 Å². The Labute approximate surface area is 135 Å². The van der Waals surface area contributed by atoms with E-state index in [-0.39, 0.29) is 16.5 Å². The van der Waals surface area contributed by atoms with Crippen LogP contribution >= 0.6 is 0 Å². The molecule has 1 aliphatic carbocycles. The van der Waals surface area contributed by atoms with Crippen molar-refractivity contribution in [3.63, 3.8) is 0 Å². The maximum absolute atomic E-state index is 12.3. The summed E-state index contributed by atoms with van der Waals surface area (Å²) < 4.78 is 27.0. The highest BCUT2D eigenvalue weighted by Gasteiger charge is 2.28. The molecule has 2 aromatic rings. The lowest BCUT2D eigenvalue weighted by Gasteiger charge is -2.08. The van der Waals surface area contributed by atoms with Crippen LogP contribution in [0.4, 0.5) is 5.82 Å². The van der Waals surface area contributed by atoms with Crippen molar-refractivity contribution in [3.8, 4) is 0 Å². The summed E-state index contributed by atoms with van der Waals surface area (Å²) >= 11 is 0. The van der Waals surface area contributed by atoms with Crippen molar-refractivity contribution in [1.82, 2.24) is 9.71 Å². The number of hydrogen-bond acceptors (Lipinski definition) is 4. The number of amides is 1. The zero-order chi connectivity index (χ0) is 16.4. The standard InChI is InChI=1S/C16H17N3O3S/c1-11-7-8-17-15(9-11)18-16(20)12-3-2-4-14(10-12)23(21,22)19-13-5-6-13/h2-4,7-10,13,19H,5-6H2,1H3,(H,17,18,20). The molecule has 0 saturated heterocycles. The number of aryl methyl sites for hydroxylation is 1. The molecule has 23 heavy (non-hydrogen) atoms. The van der Waals surface area contributed by atoms with Gasteiger partial charge in [-0.15, -0.1) is 0 Å². The quantitative estimate of drug-likeness (QED) is 0.878. The molecule has 0 aliphatic heterocycles. The van der Waals surface area contributed by atoms with E-state index in [1.54, 1.807) is 24.4 Å². The van der Waals surface area contributed by atoms with Crippen LogP contribution in [0.5, 0.6) is 0 Å². The number of rotatable bonds is 5. The molecule has 0 radical (unpaired) electrons. The van der Waals surface area contributed by atoms with Crippen LogP contribution in [-0.2, 0) is 10.0 Å². The van der Waals surface area contributed by atoms with Crippen molar-refractivity contribution in [3.05, 3.63) is 53.7 Å². The van der Waals surface area contributed by atoms with E-state index >= 15 is 0 Å². The normalized spacial score (nSPS) is 14.5. The van der Waals surface area contributed by atoms with Gasteiger partial charge in [-0.25, -0.2) is 18.1 Å². The van der Waals surface area contributed by atoms with Gasteiger partial charge in [0.15, 0.2) is 0 Å². The van der Waals surface area contributed by atoms with E-state index in [9.17, 15) is 13.2 Å². The number of pyridine rings is 1. The second-order valence-corrected chi connectivity index (χ2v) is 7.31. The van der Waals surface area contributed by atoms with Crippen LogP contribution in [0.3, 0.4) is 0 Å². The van der Waals surface area contributed by atoms with Gasteiger partial charge in [0, 0.05) is 17.8 Å². The third kappa shape index (κ3) is 3.94. The Kier molecular flexibility index (Phi) is 4.14. The van der Waals surface area contributed by atoms with Crippen molar-refractivity contribution in [2.24, 2.45) is 0 Å². The van der Waals surface area contributed by atoms with Gasteiger partial charge >= 0.3 is 0 Å². The SMILES string of the molecule is Cc1ccnc(NC(=O)c2cccc(S(=O)(=O)NC3CC3)c2)c1. The number of aromatic nitrogens is 1. The topological polar surface area (TPSA) is 88.2 Å². The van der Waals surface area contributed by atoms with Gasteiger partial charge in [-0.3, -0.25) is 4.79 Å². The van der Waals surface area contributed by atoms with Gasteiger partial charge in [-0.1, -0.05) is 6.07 Å². The maximum Gasteiger partial charge on any atom is 0.256 e. The Bertz CT molecular complexity index is 845. The third-order valence-electron chi connectivity index (χ3n) is 3.46. The molecule has 1 amide bonds. The Morgan fingerprint density at radius 3 is 2.70 bits per heavy atom. The molecule has 1 aromatic heterocycles. The first-order valence-corrected chi connectivity index (χ1v) is 8.79. The first kappa shape index (κ1) is 15.6. The number of carbonyl (C=O) groups is 1. The Hall–Kier alpha value is -2.25. The Balaban J connectivity index is 1.80. The minimum atomic E-state index is -3.58. The fourth-order valence-corrected chi connectivity index (χ4v) is 3.44. The average Bonchev–Trinajstić information content (AvgIpc) is 3.31. The molecule has 0 unspecified atom stereocenters. The van der Waals surface area contributed by atoms with E-state index < -0.39 is 15.9 Å². The minimum Gasteiger partial charge on any atom is -0.307 e. The molecule has 0 atom stereocenters. The molecule has 1 fully saturated rings. The monoisotopic (exact) mass is 331 g/mol. The zero-order valence-corrected chi connectivity index (χ0v) is 13.4. The summed E-state index contributed by atoms with van der Waals surface area (Å²) in [5.74, 6) is 0.0333. The Morgan fingerprint density at radius 2 is 2.00 bits per heavy atom. The van der Waals surface area contributed by atoms with Crippen molar-refractivity contribution in [2.75, 3.05) is 5.32 Å². The van der Waals surface area contributed by atoms with Gasteiger partial charge < -0.3 is 5.32 Å². The number of nitrogens with one attached hydrogen (secondary N) is 2. The van der Waals surface area contributed by atoms with Crippen LogP contribution in [0.2, 0.25) is 0 Å². The van der Waals surface area contributed by atoms with Gasteiger partial charge in [0.05, 0.1) is 4.90 Å². The molecule has 1 heterocycles. The predicted molar refractivity (Wildman–Crippen MR) is 86.7 cm³/mol. The smallest absolute Gasteiger partial charge is 0.256 e. The van der Waals surface area contributed by atoms with Crippen molar-refractivity contribution < 1.29 is 13.2 Å². The van der Waals surface area contributed by atoms with E-state index in [0.717, 1.165) is 18.4 Å². The van der Waals surface area contributed by atoms with E-state index in [0.29, 0.717) is 5.82 Å². The first-order valence-electron chi connectivity index (χ1n) is 7.30. The first-order chi connectivity index (χ1) is 10.9. The third-order valence-corrected chi connectivity index (χ3v) is 4.98. The molecular weight excluding hydrogens is 314 g/mol. The Morgan fingerprint density at radius 1 is 1.22 bits per heavy atom. The van der Waals surface area contributed by atoms with E-state index in [4.69, 9.17) is 0 Å². The summed E-state index contributed by atoms with van der Waals surface area (Å²) in [6.45, 7) is 1.90. The van der Waals surface area contributed by atoms with Gasteiger partial charge in [-0.2, -0.15) is 0 Å². The van der Waals surface area contributed by atoms with Crippen molar-refractivity contribution >= 4 is 21.7 Å². The summed E-state index contributed by atoms with van der Waals surface area (Å²) in [5, 5.41) is 2.67. The van der Waals surface area contributed by atoms with Gasteiger partial charge in [0.2, 0.25) is 10.0 Å². The predicted octanol–water partition coefficient (Wildman–Crippen LogP) is 2.08. The highest BCUT2D eigenvalue weighted by Crippen LogP contribution is 2.22. The van der Waals surface area contributed by atoms with Crippen LogP contribution < -0.4 is 10.0 Å². The van der Waals surface area contributed by atoms with Gasteiger partial charge in [0.1, 0.15) is 5.82 Å². The summed E-state index contributed by atoms with van der Waals surface area (Å²) in [7, 11) is -3.58. The zero-order valence-electron chi connectivity index (χ0n) is 12.6. The molecule has 0 spiro atoms. The molecule has 1 aromatic carbocycles. The van der Waals surface area contributed by atoms with Crippen LogP contribution in [0.1, 0.15) is 28.8 Å². The van der Waals surface area contributed by atoms with Crippen molar-refractivity contribution in [1.29, 1.82) is 0 Å². The molecule has 2 N–H and O–H groups in total. The van der Waals surface area contributed by atoms with Crippen LogP contribution in [0, 0.1) is 6.92 Å². The number of anilines is 1. The van der Waals surface area contributed by atoms with Crippen LogP contribution in [0.25, 0.3) is 0 Å². The largest absolute Gasteiger partial charge is 0.307 e. The summed E-state index contributed by atoms with van der Waals surface area (Å²) in [5.41, 5.74) is 1.24.